The number of nitrogens with zero attached hydrogens (tertiary/aromatic N) is 1. The van der Waals surface area contributed by atoms with E-state index in [1.165, 1.54) is 5.12 Å². The first-order valence-corrected chi connectivity index (χ1v) is 2.97. The summed E-state index contributed by atoms with van der Waals surface area (Å²) in [5.41, 5.74) is 0. The molecule has 0 rings (SSSR count). The molecule has 0 aromatic heterocycles. The summed E-state index contributed by atoms with van der Waals surface area (Å²) < 4.78 is 0. The van der Waals surface area contributed by atoms with Crippen LogP contribution in [0.1, 0.15) is 26.7 Å². The molecule has 0 fully saturated rings. The van der Waals surface area contributed by atoms with E-state index >= 15 is 0 Å². The zero-order valence-corrected chi connectivity index (χ0v) is 5.59. The van der Waals surface area contributed by atoms with Crippen molar-refractivity contribution in [3.8, 4) is 0 Å². The van der Waals surface area contributed by atoms with Gasteiger partial charge in [0.2, 0.25) is 0 Å². The van der Waals surface area contributed by atoms with Crippen LogP contribution in [0.15, 0.2) is 0 Å². The van der Waals surface area contributed by atoms with Gasteiger partial charge < -0.3 is 0 Å². The molecule has 0 bridgehead atoms. The molecule has 0 aliphatic carbocycles. The molecule has 0 radical (unpaired) electrons. The van der Waals surface area contributed by atoms with Crippen molar-refractivity contribution >= 4 is 0 Å². The van der Waals surface area contributed by atoms with Crippen molar-refractivity contribution < 1.29 is 0 Å². The molecule has 8 heavy (non-hydrogen) atoms. The summed E-state index contributed by atoms with van der Waals surface area (Å²) in [7, 11) is 0. The molecule has 0 aromatic rings. The lowest BCUT2D eigenvalue weighted by molar-refractivity contribution is 0.208. The molecular formula is C5H15N3. The van der Waals surface area contributed by atoms with E-state index in [0.29, 0.717) is 6.04 Å². The zero-order chi connectivity index (χ0) is 6.57. The first-order valence-electron chi connectivity index (χ1n) is 2.97. The molecule has 3 heteroatoms. The lowest BCUT2D eigenvalue weighted by Crippen LogP contribution is -2.44. The smallest absolute Gasteiger partial charge is 0.0366 e. The summed E-state index contributed by atoms with van der Waals surface area (Å²) in [5, 5.41) is 1.25. The zero-order valence-electron chi connectivity index (χ0n) is 5.59. The van der Waals surface area contributed by atoms with Crippen molar-refractivity contribution in [3.63, 3.8) is 0 Å². The van der Waals surface area contributed by atoms with Gasteiger partial charge in [-0.25, -0.2) is 0 Å². The van der Waals surface area contributed by atoms with Crippen LogP contribution >= 0.6 is 0 Å². The summed E-state index contributed by atoms with van der Waals surface area (Å²) in [6.07, 6.45) is 2.19. The van der Waals surface area contributed by atoms with Crippen molar-refractivity contribution in [1.82, 2.24) is 5.12 Å². The Labute approximate surface area is 50.6 Å². The minimum atomic E-state index is 0.306. The van der Waals surface area contributed by atoms with Gasteiger partial charge in [0, 0.05) is 6.04 Å². The molecule has 0 aliphatic heterocycles. The maximum atomic E-state index is 5.23. The molecule has 1 unspecified atom stereocenters. The van der Waals surface area contributed by atoms with Crippen molar-refractivity contribution in [2.45, 2.75) is 32.7 Å². The second-order valence-electron chi connectivity index (χ2n) is 2.08. The molecule has 50 valence electrons. The number of rotatable bonds is 3. The quantitative estimate of drug-likeness (QED) is 0.411. The van der Waals surface area contributed by atoms with Crippen molar-refractivity contribution in [1.29, 1.82) is 0 Å². The monoisotopic (exact) mass is 117 g/mol. The molecule has 0 spiro atoms. The third kappa shape index (κ3) is 2.96. The van der Waals surface area contributed by atoms with Crippen LogP contribution in [-0.2, 0) is 0 Å². The van der Waals surface area contributed by atoms with E-state index in [0.717, 1.165) is 12.8 Å². The molecule has 0 aromatic carbocycles. The highest BCUT2D eigenvalue weighted by Crippen LogP contribution is 1.96. The lowest BCUT2D eigenvalue weighted by atomic mass is 10.2. The number of hydrogen-bond donors (Lipinski definition) is 2. The summed E-state index contributed by atoms with van der Waals surface area (Å²) >= 11 is 0. The second-order valence-corrected chi connectivity index (χ2v) is 2.08. The van der Waals surface area contributed by atoms with Crippen molar-refractivity contribution in [2.24, 2.45) is 11.7 Å². The number of hydrogen-bond acceptors (Lipinski definition) is 3. The van der Waals surface area contributed by atoms with E-state index in [9.17, 15) is 0 Å². The van der Waals surface area contributed by atoms with Crippen LogP contribution in [0.5, 0.6) is 0 Å². The Kier molecular flexibility index (Phi) is 3.77. The second kappa shape index (κ2) is 3.83. The van der Waals surface area contributed by atoms with Gasteiger partial charge in [0.05, 0.1) is 0 Å². The van der Waals surface area contributed by atoms with Gasteiger partial charge in [0.1, 0.15) is 0 Å². The van der Waals surface area contributed by atoms with Crippen molar-refractivity contribution in [2.75, 3.05) is 0 Å². The molecule has 0 saturated carbocycles. The van der Waals surface area contributed by atoms with Crippen LogP contribution in [0.3, 0.4) is 0 Å². The molecule has 1 atom stereocenters. The molecule has 0 heterocycles. The van der Waals surface area contributed by atoms with Gasteiger partial charge >= 0.3 is 0 Å². The van der Waals surface area contributed by atoms with Gasteiger partial charge in [0.25, 0.3) is 0 Å². The first-order chi connectivity index (χ1) is 3.68. The third-order valence-electron chi connectivity index (χ3n) is 1.22. The highest BCUT2D eigenvalue weighted by molar-refractivity contribution is 4.52. The minimum absolute atomic E-state index is 0.306. The third-order valence-corrected chi connectivity index (χ3v) is 1.22. The van der Waals surface area contributed by atoms with Crippen LogP contribution in [0.4, 0.5) is 0 Å². The molecule has 0 saturated heterocycles. The lowest BCUT2D eigenvalue weighted by Gasteiger charge is -2.16. The molecule has 0 amide bonds. The van der Waals surface area contributed by atoms with Gasteiger partial charge in [0.15, 0.2) is 0 Å². The molecular weight excluding hydrogens is 102 g/mol. The van der Waals surface area contributed by atoms with Gasteiger partial charge in [-0.2, -0.15) is 5.12 Å². The predicted molar refractivity (Wildman–Crippen MR) is 34.6 cm³/mol. The van der Waals surface area contributed by atoms with E-state index in [1.54, 1.807) is 0 Å². The van der Waals surface area contributed by atoms with Crippen LogP contribution in [0.2, 0.25) is 0 Å². The first kappa shape index (κ1) is 7.88. The summed E-state index contributed by atoms with van der Waals surface area (Å²) in [6, 6.07) is 0.306. The van der Waals surface area contributed by atoms with Crippen LogP contribution in [-0.4, -0.2) is 11.2 Å². The van der Waals surface area contributed by atoms with Gasteiger partial charge in [-0.05, 0) is 13.3 Å². The summed E-state index contributed by atoms with van der Waals surface area (Å²) in [4.78, 5) is 0. The fourth-order valence-corrected chi connectivity index (χ4v) is 0.567. The van der Waals surface area contributed by atoms with E-state index < -0.39 is 0 Å². The van der Waals surface area contributed by atoms with Gasteiger partial charge in [-0.3, -0.25) is 11.7 Å². The topological polar surface area (TPSA) is 55.3 Å². The Bertz CT molecular complexity index is 53.6. The predicted octanol–water partition coefficient (Wildman–Crippen LogP) is 0.224. The Balaban J connectivity index is 3.17. The Hall–Kier alpha value is -0.120. The summed E-state index contributed by atoms with van der Waals surface area (Å²) in [5.74, 6) is 10.5. The van der Waals surface area contributed by atoms with E-state index in [-0.39, 0.29) is 0 Å². The molecule has 4 N–H and O–H groups in total. The molecule has 0 aliphatic rings. The normalized spacial score (nSPS) is 14.6. The average molecular weight is 117 g/mol. The molecule has 3 nitrogen and oxygen atoms in total. The number of nitrogens with two attached hydrogens (primary N) is 2. The maximum absolute atomic E-state index is 5.23. The fourth-order valence-electron chi connectivity index (χ4n) is 0.567. The Morgan fingerprint density at radius 1 is 1.50 bits per heavy atom. The van der Waals surface area contributed by atoms with Crippen LogP contribution in [0.25, 0.3) is 0 Å². The minimum Gasteiger partial charge on any atom is -0.255 e. The van der Waals surface area contributed by atoms with Crippen molar-refractivity contribution in [3.05, 3.63) is 0 Å². The SMILES string of the molecule is CCCC(C)N(N)N. The largest absolute Gasteiger partial charge is 0.255 e. The maximum Gasteiger partial charge on any atom is 0.0366 e. The fraction of sp³-hybridized carbons (Fsp3) is 1.00. The number of hydrazine groups is 2. The average Bonchev–Trinajstić information content (AvgIpc) is 1.67. The summed E-state index contributed by atoms with van der Waals surface area (Å²) in [6.45, 7) is 4.11. The Morgan fingerprint density at radius 2 is 2.00 bits per heavy atom. The Morgan fingerprint density at radius 3 is 2.12 bits per heavy atom. The highest BCUT2D eigenvalue weighted by atomic mass is 15.6. The van der Waals surface area contributed by atoms with Gasteiger partial charge in [-0.1, -0.05) is 13.3 Å². The van der Waals surface area contributed by atoms with E-state index in [1.807, 2.05) is 6.92 Å². The highest BCUT2D eigenvalue weighted by Gasteiger charge is 2.01. The standard InChI is InChI=1S/C5H15N3/c1-3-4-5(2)8(6)7/h5H,3-4,6-7H2,1-2H3. The van der Waals surface area contributed by atoms with Crippen LogP contribution < -0.4 is 11.7 Å². The van der Waals surface area contributed by atoms with E-state index in [4.69, 9.17) is 11.7 Å². The van der Waals surface area contributed by atoms with Crippen LogP contribution in [0, 0.1) is 0 Å². The van der Waals surface area contributed by atoms with Gasteiger partial charge in [-0.15, -0.1) is 0 Å². The van der Waals surface area contributed by atoms with E-state index in [2.05, 4.69) is 6.92 Å².